The van der Waals surface area contributed by atoms with Crippen molar-refractivity contribution >= 4 is 10.0 Å². The van der Waals surface area contributed by atoms with Gasteiger partial charge in [0.15, 0.2) is 0 Å². The highest BCUT2D eigenvalue weighted by atomic mass is 32.2. The molecule has 15 heteroatoms. The molecule has 0 aromatic rings. The molecule has 2 unspecified atom stereocenters. The molecule has 0 aromatic heterocycles. The van der Waals surface area contributed by atoms with E-state index in [0.717, 1.165) is 0 Å². The van der Waals surface area contributed by atoms with Crippen LogP contribution in [-0.4, -0.2) is 48.3 Å². The average molecular weight is 385 g/mol. The number of alkyl halides is 9. The van der Waals surface area contributed by atoms with Crippen LogP contribution in [0.5, 0.6) is 0 Å². The van der Waals surface area contributed by atoms with Gasteiger partial charge in [0, 0.05) is 0 Å². The van der Waals surface area contributed by atoms with Gasteiger partial charge < -0.3 is 11.5 Å². The van der Waals surface area contributed by atoms with Crippen LogP contribution in [0, 0.1) is 0 Å². The Kier molecular flexibility index (Phi) is 5.72. The largest absolute Gasteiger partial charge is 0.460 e. The number of nitrogens with zero attached hydrogens (tertiary/aromatic N) is 1. The number of sulfonamides is 1. The molecule has 5 nitrogen and oxygen atoms in total. The predicted molar refractivity (Wildman–Crippen MR) is 59.0 cm³/mol. The van der Waals surface area contributed by atoms with Gasteiger partial charge in [-0.15, -0.1) is 0 Å². The van der Waals surface area contributed by atoms with Gasteiger partial charge >= 0.3 is 23.3 Å². The van der Waals surface area contributed by atoms with Crippen molar-refractivity contribution in [2.24, 2.45) is 11.5 Å². The van der Waals surface area contributed by atoms with Crippen molar-refractivity contribution in [3.63, 3.8) is 0 Å². The molecule has 0 spiro atoms. The standard InChI is InChI=1S/C8H12F9N3O2S/c1-3(18)20(4(2)19)23(21,22)8(16,17)6(11,12)5(9,10)7(13,14)15/h3-4H,18-19H2,1-2H3. The Morgan fingerprint density at radius 3 is 1.30 bits per heavy atom. The van der Waals surface area contributed by atoms with Crippen molar-refractivity contribution < 1.29 is 47.9 Å². The molecular weight excluding hydrogens is 373 g/mol. The van der Waals surface area contributed by atoms with Crippen molar-refractivity contribution in [2.45, 2.75) is 49.5 Å². The summed E-state index contributed by atoms with van der Waals surface area (Å²) < 4.78 is 137. The SMILES string of the molecule is CC(N)N(C(C)N)S(=O)(=O)C(F)(F)C(F)(F)C(F)(F)C(F)(F)F. The van der Waals surface area contributed by atoms with Crippen molar-refractivity contribution in [3.8, 4) is 0 Å². The Balaban J connectivity index is 6.35. The molecule has 2 atom stereocenters. The highest BCUT2D eigenvalue weighted by Gasteiger charge is 2.86. The van der Waals surface area contributed by atoms with E-state index in [2.05, 4.69) is 0 Å². The third-order valence-electron chi connectivity index (χ3n) is 2.52. The Labute approximate surface area is 124 Å². The first-order valence-corrected chi connectivity index (χ1v) is 6.95. The lowest BCUT2D eigenvalue weighted by Gasteiger charge is -2.37. The summed E-state index contributed by atoms with van der Waals surface area (Å²) in [5.41, 5.74) is 9.87. The lowest BCUT2D eigenvalue weighted by atomic mass is 10.1. The first kappa shape index (κ1) is 22.2. The quantitative estimate of drug-likeness (QED) is 0.538. The first-order chi connectivity index (χ1) is 9.76. The van der Waals surface area contributed by atoms with Crippen LogP contribution in [0.15, 0.2) is 0 Å². The molecule has 4 N–H and O–H groups in total. The second kappa shape index (κ2) is 5.93. The summed E-state index contributed by atoms with van der Waals surface area (Å²) in [6.07, 6.45) is -11.2. The minimum atomic E-state index is -7.34. The first-order valence-electron chi connectivity index (χ1n) is 5.51. The van der Waals surface area contributed by atoms with Crippen molar-refractivity contribution in [1.82, 2.24) is 4.31 Å². The van der Waals surface area contributed by atoms with E-state index in [0.29, 0.717) is 13.8 Å². The Morgan fingerprint density at radius 2 is 1.09 bits per heavy atom. The minimum absolute atomic E-state index is 0.664. The van der Waals surface area contributed by atoms with Gasteiger partial charge in [-0.05, 0) is 13.8 Å². The number of hydrogen-bond acceptors (Lipinski definition) is 4. The summed E-state index contributed by atoms with van der Waals surface area (Å²) >= 11 is 0. The van der Waals surface area contributed by atoms with Crippen LogP contribution >= 0.6 is 0 Å². The van der Waals surface area contributed by atoms with Crippen LogP contribution in [0.2, 0.25) is 0 Å². The predicted octanol–water partition coefficient (Wildman–Crippen LogP) is 1.65. The van der Waals surface area contributed by atoms with E-state index in [-0.39, 0.29) is 0 Å². The summed E-state index contributed by atoms with van der Waals surface area (Å²) in [5.74, 6) is -14.7. The molecule has 0 saturated carbocycles. The average Bonchev–Trinajstić information content (AvgIpc) is 2.24. The smallest absolute Gasteiger partial charge is 0.315 e. The third-order valence-corrected chi connectivity index (χ3v) is 4.64. The lowest BCUT2D eigenvalue weighted by molar-refractivity contribution is -0.382. The number of nitrogens with two attached hydrogens (primary N) is 2. The number of hydrogen-bond donors (Lipinski definition) is 2. The molecule has 0 saturated heterocycles. The van der Waals surface area contributed by atoms with Gasteiger partial charge in [-0.3, -0.25) is 0 Å². The number of rotatable bonds is 6. The molecule has 140 valence electrons. The van der Waals surface area contributed by atoms with Gasteiger partial charge in [-0.2, -0.15) is 43.8 Å². The summed E-state index contributed by atoms with van der Waals surface area (Å²) in [6, 6.07) is 0. The summed E-state index contributed by atoms with van der Waals surface area (Å²) in [5, 5.41) is -6.85. The molecule has 0 aliphatic rings. The Morgan fingerprint density at radius 1 is 0.783 bits per heavy atom. The van der Waals surface area contributed by atoms with Gasteiger partial charge in [0.1, 0.15) is 0 Å². The maximum absolute atomic E-state index is 13.5. The van der Waals surface area contributed by atoms with Crippen LogP contribution in [0.1, 0.15) is 13.8 Å². The number of halogens is 9. The maximum Gasteiger partial charge on any atom is 0.460 e. The second-order valence-electron chi connectivity index (χ2n) is 4.48. The van der Waals surface area contributed by atoms with Crippen molar-refractivity contribution in [2.75, 3.05) is 0 Å². The molecule has 0 heterocycles. The fraction of sp³-hybridized carbons (Fsp3) is 1.00. The van der Waals surface area contributed by atoms with Crippen LogP contribution in [0.3, 0.4) is 0 Å². The van der Waals surface area contributed by atoms with E-state index in [1.807, 2.05) is 0 Å². The molecule has 0 aromatic carbocycles. The molecule has 0 fully saturated rings. The van der Waals surface area contributed by atoms with Crippen LogP contribution in [-0.2, 0) is 10.0 Å². The summed E-state index contributed by atoms with van der Waals surface area (Å²) in [6.45, 7) is 1.33. The van der Waals surface area contributed by atoms with E-state index in [1.54, 1.807) is 0 Å². The zero-order chi connectivity index (χ0) is 19.2. The summed E-state index contributed by atoms with van der Waals surface area (Å²) in [4.78, 5) is 0. The summed E-state index contributed by atoms with van der Waals surface area (Å²) in [7, 11) is -6.78. The zero-order valence-corrected chi connectivity index (χ0v) is 12.2. The third kappa shape index (κ3) is 3.23. The van der Waals surface area contributed by atoms with Crippen LogP contribution in [0.25, 0.3) is 0 Å². The molecule has 0 rings (SSSR count). The second-order valence-corrected chi connectivity index (χ2v) is 6.36. The highest BCUT2D eigenvalue weighted by molar-refractivity contribution is 7.90. The fourth-order valence-corrected chi connectivity index (χ4v) is 3.06. The molecule has 0 aliphatic heterocycles. The van der Waals surface area contributed by atoms with E-state index in [9.17, 15) is 47.9 Å². The Bertz CT molecular complexity index is 521. The monoisotopic (exact) mass is 385 g/mol. The molecule has 0 aliphatic carbocycles. The Hall–Kier alpha value is -0.800. The van der Waals surface area contributed by atoms with E-state index < -0.39 is 49.9 Å². The lowest BCUT2D eigenvalue weighted by Crippen LogP contribution is -2.67. The zero-order valence-electron chi connectivity index (χ0n) is 11.4. The van der Waals surface area contributed by atoms with Gasteiger partial charge in [0.05, 0.1) is 12.3 Å². The van der Waals surface area contributed by atoms with Gasteiger partial charge in [0.2, 0.25) is 0 Å². The van der Waals surface area contributed by atoms with Gasteiger partial charge in [-0.25, -0.2) is 8.42 Å². The topological polar surface area (TPSA) is 89.4 Å². The van der Waals surface area contributed by atoms with E-state index in [4.69, 9.17) is 11.5 Å². The molecular formula is C8H12F9N3O2S. The molecule has 23 heavy (non-hydrogen) atoms. The normalized spacial score (nSPS) is 18.2. The van der Waals surface area contributed by atoms with Crippen molar-refractivity contribution in [1.29, 1.82) is 0 Å². The van der Waals surface area contributed by atoms with Gasteiger partial charge in [0.25, 0.3) is 10.0 Å². The van der Waals surface area contributed by atoms with E-state index in [1.165, 1.54) is 0 Å². The minimum Gasteiger partial charge on any atom is -0.315 e. The van der Waals surface area contributed by atoms with E-state index >= 15 is 0 Å². The molecule has 0 radical (unpaired) electrons. The van der Waals surface area contributed by atoms with Crippen molar-refractivity contribution in [3.05, 3.63) is 0 Å². The van der Waals surface area contributed by atoms with Gasteiger partial charge in [-0.1, -0.05) is 0 Å². The van der Waals surface area contributed by atoms with Crippen LogP contribution < -0.4 is 11.5 Å². The molecule has 0 bridgehead atoms. The highest BCUT2D eigenvalue weighted by Crippen LogP contribution is 2.55. The van der Waals surface area contributed by atoms with Crippen LogP contribution in [0.4, 0.5) is 39.5 Å². The molecule has 0 amide bonds. The maximum atomic E-state index is 13.5. The fourth-order valence-electron chi connectivity index (χ4n) is 1.46.